The highest BCUT2D eigenvalue weighted by Gasteiger charge is 2.32. The van der Waals surface area contributed by atoms with E-state index in [-0.39, 0.29) is 12.2 Å². The predicted octanol–water partition coefficient (Wildman–Crippen LogP) is 4.26. The van der Waals surface area contributed by atoms with Crippen LogP contribution in [-0.4, -0.2) is 47.1 Å². The molecule has 1 N–H and O–H groups in total. The Balaban J connectivity index is 1.39. The maximum atomic E-state index is 6.32. The fourth-order valence-corrected chi connectivity index (χ4v) is 3.74. The molecule has 0 amide bonds. The van der Waals surface area contributed by atoms with Crippen LogP contribution in [0.4, 0.5) is 0 Å². The van der Waals surface area contributed by atoms with Crippen molar-refractivity contribution in [1.29, 1.82) is 0 Å². The molecule has 1 heterocycles. The second kappa shape index (κ2) is 10.8. The molecule has 2 atom stereocenters. The molecular formula is C26H29NO6. The first-order valence-electron chi connectivity index (χ1n) is 10.8. The van der Waals surface area contributed by atoms with Gasteiger partial charge < -0.3 is 33.7 Å². The molecule has 0 bridgehead atoms. The molecule has 0 saturated heterocycles. The van der Waals surface area contributed by atoms with Gasteiger partial charge in [0.25, 0.3) is 0 Å². The zero-order chi connectivity index (χ0) is 23.0. The second-order valence-electron chi connectivity index (χ2n) is 7.46. The van der Waals surface area contributed by atoms with Crippen molar-refractivity contribution in [1.82, 2.24) is 5.32 Å². The van der Waals surface area contributed by atoms with E-state index in [2.05, 4.69) is 5.32 Å². The molecule has 0 unspecified atom stereocenters. The predicted molar refractivity (Wildman–Crippen MR) is 125 cm³/mol. The lowest BCUT2D eigenvalue weighted by Gasteiger charge is -2.34. The molecule has 4 rings (SSSR count). The maximum Gasteiger partial charge on any atom is 0.203 e. The van der Waals surface area contributed by atoms with Crippen LogP contribution in [0.5, 0.6) is 34.5 Å². The van der Waals surface area contributed by atoms with Crippen LogP contribution in [0.25, 0.3) is 0 Å². The molecule has 7 nitrogen and oxygen atoms in total. The summed E-state index contributed by atoms with van der Waals surface area (Å²) in [5.41, 5.74) is 1.02. The molecule has 0 saturated carbocycles. The van der Waals surface area contributed by atoms with Gasteiger partial charge in [-0.15, -0.1) is 0 Å². The van der Waals surface area contributed by atoms with Crippen molar-refractivity contribution in [2.75, 3.05) is 41.0 Å². The van der Waals surface area contributed by atoms with Crippen molar-refractivity contribution in [3.63, 3.8) is 0 Å². The van der Waals surface area contributed by atoms with Gasteiger partial charge in [-0.3, -0.25) is 0 Å². The molecule has 3 aromatic rings. The third-order valence-corrected chi connectivity index (χ3v) is 5.42. The summed E-state index contributed by atoms with van der Waals surface area (Å²) in [6.45, 7) is 1.63. The average Bonchev–Trinajstić information content (AvgIpc) is 2.88. The third kappa shape index (κ3) is 5.26. The van der Waals surface area contributed by atoms with Crippen LogP contribution < -0.4 is 33.7 Å². The van der Waals surface area contributed by atoms with E-state index in [0.717, 1.165) is 22.8 Å². The largest absolute Gasteiger partial charge is 0.497 e. The summed E-state index contributed by atoms with van der Waals surface area (Å²) in [5.74, 6) is 4.13. The number of ether oxygens (including phenoxy) is 6. The number of para-hydroxylation sites is 3. The highest BCUT2D eigenvalue weighted by molar-refractivity contribution is 5.51. The molecule has 0 aliphatic carbocycles. The van der Waals surface area contributed by atoms with Gasteiger partial charge in [0.2, 0.25) is 5.75 Å². The SMILES string of the molecule is COc1ccc([C@H]2Oc3ccccc3O[C@@H]2CNCCOc2c(OC)cccc2OC)cc1. The highest BCUT2D eigenvalue weighted by atomic mass is 16.6. The zero-order valence-corrected chi connectivity index (χ0v) is 19.1. The molecule has 33 heavy (non-hydrogen) atoms. The molecule has 1 aliphatic heterocycles. The van der Waals surface area contributed by atoms with Crippen molar-refractivity contribution < 1.29 is 28.4 Å². The van der Waals surface area contributed by atoms with Gasteiger partial charge in [-0.05, 0) is 42.0 Å². The molecule has 174 valence electrons. The maximum absolute atomic E-state index is 6.32. The Bertz CT molecular complexity index is 1020. The fourth-order valence-electron chi connectivity index (χ4n) is 3.74. The monoisotopic (exact) mass is 451 g/mol. The molecule has 3 aromatic carbocycles. The standard InChI is InChI=1S/C26H29NO6/c1-28-19-13-11-18(12-14-19)25-24(32-20-7-4-5-8-21(20)33-25)17-27-15-16-31-26-22(29-2)9-6-10-23(26)30-3/h4-14,24-25,27H,15-17H2,1-3H3/t24-,25-/m1/s1. The molecular weight excluding hydrogens is 422 g/mol. The summed E-state index contributed by atoms with van der Waals surface area (Å²) in [7, 11) is 4.87. The Kier molecular flexibility index (Phi) is 7.42. The lowest BCUT2D eigenvalue weighted by atomic mass is 10.0. The summed E-state index contributed by atoms with van der Waals surface area (Å²) in [6, 6.07) is 21.1. The Labute approximate surface area is 194 Å². The first-order valence-corrected chi connectivity index (χ1v) is 10.8. The highest BCUT2D eigenvalue weighted by Crippen LogP contribution is 2.39. The van der Waals surface area contributed by atoms with Crippen LogP contribution in [0, 0.1) is 0 Å². The van der Waals surface area contributed by atoms with Gasteiger partial charge in [0, 0.05) is 13.1 Å². The van der Waals surface area contributed by atoms with Crippen LogP contribution in [0.1, 0.15) is 11.7 Å². The van der Waals surface area contributed by atoms with E-state index < -0.39 is 0 Å². The molecule has 0 aromatic heterocycles. The van der Waals surface area contributed by atoms with Gasteiger partial charge in [-0.25, -0.2) is 0 Å². The van der Waals surface area contributed by atoms with Gasteiger partial charge >= 0.3 is 0 Å². The summed E-state index contributed by atoms with van der Waals surface area (Å²) in [4.78, 5) is 0. The van der Waals surface area contributed by atoms with Gasteiger partial charge in [0.15, 0.2) is 35.2 Å². The van der Waals surface area contributed by atoms with E-state index >= 15 is 0 Å². The number of hydrogen-bond acceptors (Lipinski definition) is 7. The van der Waals surface area contributed by atoms with Gasteiger partial charge in [0.1, 0.15) is 12.4 Å². The summed E-state index contributed by atoms with van der Waals surface area (Å²) < 4.78 is 34.6. The van der Waals surface area contributed by atoms with Crippen molar-refractivity contribution in [3.05, 3.63) is 72.3 Å². The van der Waals surface area contributed by atoms with E-state index in [1.165, 1.54) is 0 Å². The Morgan fingerprint density at radius 2 is 1.42 bits per heavy atom. The Morgan fingerprint density at radius 3 is 2.06 bits per heavy atom. The topological polar surface area (TPSA) is 67.4 Å². The number of nitrogens with one attached hydrogen (secondary N) is 1. The van der Waals surface area contributed by atoms with E-state index in [1.807, 2.05) is 66.7 Å². The first kappa shape index (κ1) is 22.6. The minimum atomic E-state index is -0.256. The van der Waals surface area contributed by atoms with Crippen LogP contribution in [0.15, 0.2) is 66.7 Å². The van der Waals surface area contributed by atoms with Crippen LogP contribution in [0.3, 0.4) is 0 Å². The van der Waals surface area contributed by atoms with E-state index in [0.29, 0.717) is 36.9 Å². The molecule has 0 radical (unpaired) electrons. The quantitative estimate of drug-likeness (QED) is 0.462. The number of benzene rings is 3. The van der Waals surface area contributed by atoms with E-state index in [9.17, 15) is 0 Å². The molecule has 0 spiro atoms. The van der Waals surface area contributed by atoms with Crippen molar-refractivity contribution in [2.24, 2.45) is 0 Å². The molecule has 7 heteroatoms. The lowest BCUT2D eigenvalue weighted by Crippen LogP contribution is -2.42. The summed E-state index contributed by atoms with van der Waals surface area (Å²) in [6.07, 6.45) is -0.470. The van der Waals surface area contributed by atoms with Gasteiger partial charge in [-0.2, -0.15) is 0 Å². The fraction of sp³-hybridized carbons (Fsp3) is 0.308. The smallest absolute Gasteiger partial charge is 0.203 e. The van der Waals surface area contributed by atoms with Crippen molar-refractivity contribution in [2.45, 2.75) is 12.2 Å². The third-order valence-electron chi connectivity index (χ3n) is 5.42. The zero-order valence-electron chi connectivity index (χ0n) is 19.1. The minimum absolute atomic E-state index is 0.214. The van der Waals surface area contributed by atoms with Gasteiger partial charge in [-0.1, -0.05) is 30.3 Å². The van der Waals surface area contributed by atoms with Crippen LogP contribution in [-0.2, 0) is 0 Å². The summed E-state index contributed by atoms with van der Waals surface area (Å²) >= 11 is 0. The Morgan fingerprint density at radius 1 is 0.758 bits per heavy atom. The average molecular weight is 452 g/mol. The Hall–Kier alpha value is -3.58. The molecule has 0 fully saturated rings. The van der Waals surface area contributed by atoms with E-state index in [4.69, 9.17) is 28.4 Å². The second-order valence-corrected chi connectivity index (χ2v) is 7.46. The van der Waals surface area contributed by atoms with Gasteiger partial charge in [0.05, 0.1) is 21.3 Å². The first-order chi connectivity index (χ1) is 16.2. The van der Waals surface area contributed by atoms with Crippen molar-refractivity contribution >= 4 is 0 Å². The number of hydrogen-bond donors (Lipinski definition) is 1. The molecule has 1 aliphatic rings. The lowest BCUT2D eigenvalue weighted by molar-refractivity contribution is 0.0197. The van der Waals surface area contributed by atoms with Crippen LogP contribution in [0.2, 0.25) is 0 Å². The van der Waals surface area contributed by atoms with Crippen LogP contribution >= 0.6 is 0 Å². The number of methoxy groups -OCH3 is 3. The summed E-state index contributed by atoms with van der Waals surface area (Å²) in [5, 5.41) is 3.42. The minimum Gasteiger partial charge on any atom is -0.497 e. The van der Waals surface area contributed by atoms with E-state index in [1.54, 1.807) is 21.3 Å². The number of rotatable bonds is 10. The normalized spacial score (nSPS) is 16.7. The number of fused-ring (bicyclic) bond motifs is 1. The van der Waals surface area contributed by atoms with Crippen molar-refractivity contribution in [3.8, 4) is 34.5 Å².